The van der Waals surface area contributed by atoms with Crippen molar-refractivity contribution in [1.82, 2.24) is 35.7 Å². The maximum Gasteiger partial charge on any atom is 0.284 e. The summed E-state index contributed by atoms with van der Waals surface area (Å²) >= 11 is 0. The van der Waals surface area contributed by atoms with Crippen molar-refractivity contribution < 1.29 is 9.32 Å². The fraction of sp³-hybridized carbons (Fsp3) is 0.238. The predicted octanol–water partition coefficient (Wildman–Crippen LogP) is 2.25. The molecule has 0 spiro atoms. The van der Waals surface area contributed by atoms with Crippen molar-refractivity contribution in [2.45, 2.75) is 25.8 Å². The van der Waals surface area contributed by atoms with E-state index in [4.69, 9.17) is 10.4 Å². The maximum atomic E-state index is 12.3. The highest BCUT2D eigenvalue weighted by Gasteiger charge is 2.32. The number of hydrogen-bond acceptors (Lipinski definition) is 10. The lowest BCUT2D eigenvalue weighted by molar-refractivity contribution is 0.0948. The number of hydrogen-bond donors (Lipinski definition) is 4. The summed E-state index contributed by atoms with van der Waals surface area (Å²) in [6.07, 6.45) is 3.44. The average Bonchev–Trinajstić information content (AvgIpc) is 3.59. The first-order valence-electron chi connectivity index (χ1n) is 10.4. The van der Waals surface area contributed by atoms with Crippen LogP contribution in [0.5, 0.6) is 0 Å². The molecule has 4 aromatic heterocycles. The molecule has 0 radical (unpaired) electrons. The molecule has 1 aliphatic heterocycles. The normalized spacial score (nSPS) is 15.6. The molecule has 1 amide bonds. The molecule has 12 heteroatoms. The molecule has 0 bridgehead atoms. The average molecular weight is 446 g/mol. The Kier molecular flexibility index (Phi) is 5.40. The van der Waals surface area contributed by atoms with E-state index in [9.17, 15) is 4.79 Å². The number of nitrogens with zero attached hydrogens (tertiary/aromatic N) is 6. The van der Waals surface area contributed by atoms with E-state index in [1.54, 1.807) is 6.20 Å². The number of aryl methyl sites for hydroxylation is 1. The lowest BCUT2D eigenvalue weighted by Gasteiger charge is -2.23. The molecule has 5 rings (SSSR count). The first-order chi connectivity index (χ1) is 16.1. The Morgan fingerprint density at radius 2 is 2.12 bits per heavy atom. The van der Waals surface area contributed by atoms with Gasteiger partial charge in [-0.05, 0) is 31.9 Å². The van der Waals surface area contributed by atoms with Crippen LogP contribution in [0.25, 0.3) is 11.4 Å². The summed E-state index contributed by atoms with van der Waals surface area (Å²) < 4.78 is 5.67. The lowest BCUT2D eigenvalue weighted by atomic mass is 10.1. The first kappa shape index (κ1) is 20.6. The van der Waals surface area contributed by atoms with Gasteiger partial charge < -0.3 is 14.7 Å². The smallest absolute Gasteiger partial charge is 0.284 e. The van der Waals surface area contributed by atoms with Gasteiger partial charge in [0.25, 0.3) is 5.91 Å². The van der Waals surface area contributed by atoms with E-state index in [1.807, 2.05) is 42.2 Å². The van der Waals surface area contributed by atoms with Crippen molar-refractivity contribution in [3.8, 4) is 11.4 Å². The van der Waals surface area contributed by atoms with Gasteiger partial charge >= 0.3 is 0 Å². The third-order valence-corrected chi connectivity index (χ3v) is 5.33. The predicted molar refractivity (Wildman–Crippen MR) is 119 cm³/mol. The quantitative estimate of drug-likeness (QED) is 0.196. The fourth-order valence-electron chi connectivity index (χ4n) is 3.81. The molecule has 1 saturated heterocycles. The Balaban J connectivity index is 1.47. The maximum absolute atomic E-state index is 12.3. The second kappa shape index (κ2) is 8.67. The summed E-state index contributed by atoms with van der Waals surface area (Å²) in [5.41, 5.74) is 4.54. The molecule has 1 fully saturated rings. The Labute approximate surface area is 188 Å². The summed E-state index contributed by atoms with van der Waals surface area (Å²) in [6.45, 7) is 2.58. The van der Waals surface area contributed by atoms with Crippen molar-refractivity contribution in [2.24, 2.45) is 5.84 Å². The van der Waals surface area contributed by atoms with Gasteiger partial charge in [-0.2, -0.15) is 10.1 Å². The van der Waals surface area contributed by atoms with Crippen molar-refractivity contribution >= 4 is 23.5 Å². The minimum atomic E-state index is -0.521. The Morgan fingerprint density at radius 3 is 2.88 bits per heavy atom. The van der Waals surface area contributed by atoms with Gasteiger partial charge in [-0.3, -0.25) is 20.3 Å². The number of aromatic amines is 1. The van der Waals surface area contributed by atoms with Crippen LogP contribution in [0.15, 0.2) is 47.1 Å². The van der Waals surface area contributed by atoms with Gasteiger partial charge in [0.2, 0.25) is 5.95 Å². The van der Waals surface area contributed by atoms with Gasteiger partial charge in [0.15, 0.2) is 11.6 Å². The topological polar surface area (TPSA) is 164 Å². The number of carbonyl (C=O) groups is 1. The van der Waals surface area contributed by atoms with Crippen molar-refractivity contribution in [2.75, 3.05) is 16.8 Å². The molecule has 1 unspecified atom stereocenters. The summed E-state index contributed by atoms with van der Waals surface area (Å²) in [7, 11) is 0. The number of rotatable bonds is 6. The van der Waals surface area contributed by atoms with Gasteiger partial charge in [-0.25, -0.2) is 10.8 Å². The molecule has 5 heterocycles. The van der Waals surface area contributed by atoms with Gasteiger partial charge in [-0.1, -0.05) is 11.2 Å². The summed E-state index contributed by atoms with van der Waals surface area (Å²) in [6, 6.07) is 10.7. The minimum absolute atomic E-state index is 0.133. The third-order valence-electron chi connectivity index (χ3n) is 5.33. The second-order valence-electron chi connectivity index (χ2n) is 7.65. The van der Waals surface area contributed by atoms with Crippen LogP contribution in [-0.2, 0) is 0 Å². The molecule has 168 valence electrons. The monoisotopic (exact) mass is 446 g/mol. The Hall–Kier alpha value is -4.32. The zero-order valence-electron chi connectivity index (χ0n) is 17.8. The van der Waals surface area contributed by atoms with Gasteiger partial charge in [0.05, 0.1) is 11.7 Å². The van der Waals surface area contributed by atoms with Crippen molar-refractivity contribution in [1.29, 1.82) is 0 Å². The molecule has 1 atom stereocenters. The lowest BCUT2D eigenvalue weighted by Crippen LogP contribution is -2.32. The molecule has 0 saturated carbocycles. The molecular weight excluding hydrogens is 424 g/mol. The van der Waals surface area contributed by atoms with Crippen molar-refractivity contribution in [3.05, 3.63) is 59.7 Å². The Morgan fingerprint density at radius 1 is 1.21 bits per heavy atom. The number of nitrogens with one attached hydrogen (secondary N) is 3. The zero-order valence-corrected chi connectivity index (χ0v) is 17.8. The fourth-order valence-corrected chi connectivity index (χ4v) is 3.81. The van der Waals surface area contributed by atoms with E-state index in [0.717, 1.165) is 24.2 Å². The van der Waals surface area contributed by atoms with Crippen LogP contribution in [0.1, 0.15) is 40.8 Å². The van der Waals surface area contributed by atoms with Crippen LogP contribution in [-0.4, -0.2) is 42.8 Å². The number of nitrogen functional groups attached to an aromatic ring is 1. The molecule has 5 N–H and O–H groups in total. The van der Waals surface area contributed by atoms with E-state index < -0.39 is 5.91 Å². The molecular formula is C21H22N10O2. The molecule has 33 heavy (non-hydrogen) atoms. The number of hydrazine groups is 1. The van der Waals surface area contributed by atoms with Crippen LogP contribution in [0.2, 0.25) is 0 Å². The largest absolute Gasteiger partial charge is 0.358 e. The van der Waals surface area contributed by atoms with Crippen LogP contribution in [0.4, 0.5) is 17.6 Å². The SMILES string of the molecule is Cc1cc(Nc2cc(C(=O)NN)nc(N3CCCC3c3cc(-c4ccccn4)no3)n2)n[nH]1. The van der Waals surface area contributed by atoms with Crippen LogP contribution >= 0.6 is 0 Å². The van der Waals surface area contributed by atoms with Crippen molar-refractivity contribution in [3.63, 3.8) is 0 Å². The van der Waals surface area contributed by atoms with Gasteiger partial charge in [0.1, 0.15) is 17.2 Å². The molecule has 12 nitrogen and oxygen atoms in total. The van der Waals surface area contributed by atoms with E-state index in [2.05, 4.69) is 41.0 Å². The third kappa shape index (κ3) is 4.23. The van der Waals surface area contributed by atoms with Crippen LogP contribution in [0, 0.1) is 6.92 Å². The van der Waals surface area contributed by atoms with Crippen LogP contribution in [0.3, 0.4) is 0 Å². The number of pyridine rings is 1. The van der Waals surface area contributed by atoms with Gasteiger partial charge in [0, 0.05) is 36.6 Å². The number of nitrogens with two attached hydrogens (primary N) is 1. The summed E-state index contributed by atoms with van der Waals surface area (Å²) in [5.74, 6) is 6.88. The second-order valence-corrected chi connectivity index (χ2v) is 7.65. The van der Waals surface area contributed by atoms with E-state index >= 15 is 0 Å². The standard InChI is InChI=1S/C21H22N10O2/c1-12-9-19(29-28-12)25-18-11-15(20(32)27-22)24-21(26-18)31-8-4-6-16(31)17-10-14(30-33-17)13-5-2-3-7-23-13/h2-3,5,7,9-11,16H,4,6,8,22H2,1H3,(H,27,32)(H2,24,25,26,28,29). The number of aromatic nitrogens is 6. The highest BCUT2D eigenvalue weighted by atomic mass is 16.5. The van der Waals surface area contributed by atoms with E-state index in [0.29, 0.717) is 35.6 Å². The minimum Gasteiger partial charge on any atom is -0.358 e. The summed E-state index contributed by atoms with van der Waals surface area (Å²) in [5, 5.41) is 14.3. The first-order valence-corrected chi connectivity index (χ1v) is 10.4. The highest BCUT2D eigenvalue weighted by molar-refractivity contribution is 5.93. The highest BCUT2D eigenvalue weighted by Crippen LogP contribution is 2.36. The van der Waals surface area contributed by atoms with E-state index in [1.165, 1.54) is 6.07 Å². The molecule has 0 aliphatic carbocycles. The number of carbonyl (C=O) groups excluding carboxylic acids is 1. The Bertz CT molecular complexity index is 1270. The number of H-pyrrole nitrogens is 1. The number of amides is 1. The molecule has 0 aromatic carbocycles. The van der Waals surface area contributed by atoms with E-state index in [-0.39, 0.29) is 11.7 Å². The zero-order chi connectivity index (χ0) is 22.8. The van der Waals surface area contributed by atoms with Gasteiger partial charge in [-0.15, -0.1) is 0 Å². The molecule has 1 aliphatic rings. The van der Waals surface area contributed by atoms with Crippen LogP contribution < -0.4 is 21.5 Å². The number of anilines is 3. The summed E-state index contributed by atoms with van der Waals surface area (Å²) in [4.78, 5) is 27.7. The molecule has 4 aromatic rings.